The number of rotatable bonds is 5. The molecule has 4 rings (SSSR count). The summed E-state index contributed by atoms with van der Waals surface area (Å²) in [6.07, 6.45) is 2.98. The normalized spacial score (nSPS) is 16.7. The van der Waals surface area contributed by atoms with Crippen molar-refractivity contribution in [2.24, 2.45) is 0 Å². The summed E-state index contributed by atoms with van der Waals surface area (Å²) in [5.41, 5.74) is 3.34. The fraction of sp³-hybridized carbons (Fsp3) is 0.381. The van der Waals surface area contributed by atoms with E-state index in [2.05, 4.69) is 9.62 Å². The molecule has 0 unspecified atom stereocenters. The van der Waals surface area contributed by atoms with Gasteiger partial charge in [-0.25, -0.2) is 13.1 Å². The number of benzene rings is 2. The van der Waals surface area contributed by atoms with Gasteiger partial charge in [-0.05, 0) is 60.7 Å². The molecule has 1 saturated heterocycles. The number of aryl methyl sites for hydroxylation is 2. The maximum absolute atomic E-state index is 12.6. The maximum atomic E-state index is 12.6. The maximum Gasteiger partial charge on any atom is 0.241 e. The fourth-order valence-corrected chi connectivity index (χ4v) is 5.16. The van der Waals surface area contributed by atoms with Crippen molar-refractivity contribution in [2.45, 2.75) is 24.2 Å². The number of nitrogens with zero attached hydrogens (tertiary/aromatic N) is 2. The van der Waals surface area contributed by atoms with Crippen molar-refractivity contribution >= 4 is 33.2 Å². The van der Waals surface area contributed by atoms with Gasteiger partial charge in [0.25, 0.3) is 0 Å². The largest absolute Gasteiger partial charge is 0.368 e. The Morgan fingerprint density at radius 1 is 1.00 bits per heavy atom. The molecule has 0 aromatic heterocycles. The van der Waals surface area contributed by atoms with Crippen molar-refractivity contribution in [1.29, 1.82) is 0 Å². The van der Waals surface area contributed by atoms with Gasteiger partial charge in [0.15, 0.2) is 0 Å². The standard InChI is InChI=1S/C21H24ClN3O3S/c22-18-5-2-6-19(14-18)24-9-11-25(12-10-24)21(26)15-23-29(27,28)20-8-7-16-3-1-4-17(16)13-20/h2,5-8,13-14,23H,1,3-4,9-12,15H2. The van der Waals surface area contributed by atoms with Crippen molar-refractivity contribution < 1.29 is 13.2 Å². The van der Waals surface area contributed by atoms with Crippen LogP contribution in [0, 0.1) is 0 Å². The molecule has 1 fully saturated rings. The molecule has 29 heavy (non-hydrogen) atoms. The van der Waals surface area contributed by atoms with Gasteiger partial charge in [0.1, 0.15) is 0 Å². The first-order chi connectivity index (χ1) is 13.9. The van der Waals surface area contributed by atoms with Gasteiger partial charge in [-0.15, -0.1) is 0 Å². The average molecular weight is 434 g/mol. The summed E-state index contributed by atoms with van der Waals surface area (Å²) < 4.78 is 27.6. The number of amides is 1. The van der Waals surface area contributed by atoms with Crippen LogP contribution in [-0.2, 0) is 27.7 Å². The van der Waals surface area contributed by atoms with Crippen LogP contribution in [0.25, 0.3) is 0 Å². The number of nitrogens with one attached hydrogen (secondary N) is 1. The van der Waals surface area contributed by atoms with Crippen LogP contribution in [-0.4, -0.2) is 51.9 Å². The van der Waals surface area contributed by atoms with E-state index in [9.17, 15) is 13.2 Å². The molecule has 0 spiro atoms. The molecule has 1 amide bonds. The van der Waals surface area contributed by atoms with Gasteiger partial charge in [0.2, 0.25) is 15.9 Å². The Morgan fingerprint density at radius 2 is 1.76 bits per heavy atom. The van der Waals surface area contributed by atoms with Crippen LogP contribution in [0.15, 0.2) is 47.4 Å². The molecule has 1 N–H and O–H groups in total. The Hall–Kier alpha value is -2.09. The van der Waals surface area contributed by atoms with Crippen molar-refractivity contribution in [3.8, 4) is 0 Å². The van der Waals surface area contributed by atoms with E-state index in [4.69, 9.17) is 11.6 Å². The SMILES string of the molecule is O=C(CNS(=O)(=O)c1ccc2c(c1)CCC2)N1CCN(c2cccc(Cl)c2)CC1. The first-order valence-corrected chi connectivity index (χ1v) is 11.7. The van der Waals surface area contributed by atoms with Gasteiger partial charge in [-0.2, -0.15) is 0 Å². The summed E-state index contributed by atoms with van der Waals surface area (Å²) in [6.45, 7) is 2.24. The summed E-state index contributed by atoms with van der Waals surface area (Å²) in [7, 11) is -3.70. The van der Waals surface area contributed by atoms with Gasteiger partial charge in [-0.3, -0.25) is 4.79 Å². The predicted octanol–water partition coefficient (Wildman–Crippen LogP) is 2.46. The van der Waals surface area contributed by atoms with Crippen LogP contribution in [0.5, 0.6) is 0 Å². The molecule has 1 aliphatic carbocycles. The topological polar surface area (TPSA) is 69.7 Å². The van der Waals surface area contributed by atoms with E-state index in [1.165, 1.54) is 5.56 Å². The Kier molecular flexibility index (Phi) is 5.81. The molecule has 6 nitrogen and oxygen atoms in total. The number of anilines is 1. The lowest BCUT2D eigenvalue weighted by Crippen LogP contribution is -2.51. The van der Waals surface area contributed by atoms with E-state index in [1.807, 2.05) is 30.3 Å². The number of carbonyl (C=O) groups excluding carboxylic acids is 1. The number of piperazine rings is 1. The predicted molar refractivity (Wildman–Crippen MR) is 114 cm³/mol. The molecule has 154 valence electrons. The lowest BCUT2D eigenvalue weighted by molar-refractivity contribution is -0.130. The molecule has 0 saturated carbocycles. The van der Waals surface area contributed by atoms with Crippen LogP contribution in [0.3, 0.4) is 0 Å². The molecule has 8 heteroatoms. The molecule has 0 bridgehead atoms. The lowest BCUT2D eigenvalue weighted by atomic mass is 10.1. The summed E-state index contributed by atoms with van der Waals surface area (Å²) >= 11 is 6.05. The third-order valence-corrected chi connectivity index (χ3v) is 7.23. The van der Waals surface area contributed by atoms with Gasteiger partial charge in [0, 0.05) is 36.9 Å². The molecule has 2 aliphatic rings. The van der Waals surface area contributed by atoms with E-state index in [0.29, 0.717) is 31.2 Å². The van der Waals surface area contributed by atoms with Gasteiger partial charge in [0.05, 0.1) is 11.4 Å². The van der Waals surface area contributed by atoms with Crippen LogP contribution in [0.1, 0.15) is 17.5 Å². The summed E-state index contributed by atoms with van der Waals surface area (Å²) in [6, 6.07) is 12.9. The van der Waals surface area contributed by atoms with Crippen LogP contribution >= 0.6 is 11.6 Å². The molecule has 2 aromatic rings. The lowest BCUT2D eigenvalue weighted by Gasteiger charge is -2.36. The Balaban J connectivity index is 1.32. The molecule has 0 atom stereocenters. The zero-order chi connectivity index (χ0) is 20.4. The van der Waals surface area contributed by atoms with Crippen molar-refractivity contribution in [3.05, 3.63) is 58.6 Å². The minimum atomic E-state index is -3.70. The highest BCUT2D eigenvalue weighted by Gasteiger charge is 2.24. The van der Waals surface area contributed by atoms with E-state index in [1.54, 1.807) is 17.0 Å². The molecular weight excluding hydrogens is 410 g/mol. The molecule has 1 aliphatic heterocycles. The summed E-state index contributed by atoms with van der Waals surface area (Å²) in [4.78, 5) is 16.6. The zero-order valence-corrected chi connectivity index (χ0v) is 17.7. The number of carbonyl (C=O) groups is 1. The van der Waals surface area contributed by atoms with E-state index in [-0.39, 0.29) is 17.3 Å². The highest BCUT2D eigenvalue weighted by atomic mass is 35.5. The Bertz CT molecular complexity index is 1020. The Morgan fingerprint density at radius 3 is 2.52 bits per heavy atom. The number of fused-ring (bicyclic) bond motifs is 1. The first-order valence-electron chi connectivity index (χ1n) is 9.82. The average Bonchev–Trinajstić information content (AvgIpc) is 3.20. The van der Waals surface area contributed by atoms with E-state index < -0.39 is 10.0 Å². The van der Waals surface area contributed by atoms with Crippen molar-refractivity contribution in [2.75, 3.05) is 37.6 Å². The third-order valence-electron chi connectivity index (χ3n) is 5.60. The van der Waals surface area contributed by atoms with Crippen LogP contribution < -0.4 is 9.62 Å². The van der Waals surface area contributed by atoms with Gasteiger partial charge in [-0.1, -0.05) is 23.7 Å². The second-order valence-corrected chi connectivity index (χ2v) is 9.66. The quantitative estimate of drug-likeness (QED) is 0.786. The highest BCUT2D eigenvalue weighted by Crippen LogP contribution is 2.25. The summed E-state index contributed by atoms with van der Waals surface area (Å²) in [5, 5.41) is 0.682. The number of hydrogen-bond acceptors (Lipinski definition) is 4. The minimum absolute atomic E-state index is 0.208. The van der Waals surface area contributed by atoms with Crippen molar-refractivity contribution in [1.82, 2.24) is 9.62 Å². The molecular formula is C21H24ClN3O3S. The molecule has 0 radical (unpaired) electrons. The first kappa shape index (κ1) is 20.2. The van der Waals surface area contributed by atoms with E-state index in [0.717, 1.165) is 30.5 Å². The van der Waals surface area contributed by atoms with Crippen LogP contribution in [0.2, 0.25) is 5.02 Å². The fourth-order valence-electron chi connectivity index (χ4n) is 3.95. The second kappa shape index (κ2) is 8.34. The van der Waals surface area contributed by atoms with Crippen molar-refractivity contribution in [3.63, 3.8) is 0 Å². The number of sulfonamides is 1. The third kappa shape index (κ3) is 4.57. The second-order valence-electron chi connectivity index (χ2n) is 7.46. The van der Waals surface area contributed by atoms with Crippen LogP contribution in [0.4, 0.5) is 5.69 Å². The molecule has 2 aromatic carbocycles. The zero-order valence-electron chi connectivity index (χ0n) is 16.1. The Labute approximate surface area is 176 Å². The monoisotopic (exact) mass is 433 g/mol. The number of hydrogen-bond donors (Lipinski definition) is 1. The highest BCUT2D eigenvalue weighted by molar-refractivity contribution is 7.89. The smallest absolute Gasteiger partial charge is 0.241 e. The van der Waals surface area contributed by atoms with Gasteiger partial charge < -0.3 is 9.80 Å². The molecule has 1 heterocycles. The summed E-state index contributed by atoms with van der Waals surface area (Å²) in [5.74, 6) is -0.208. The van der Waals surface area contributed by atoms with Gasteiger partial charge >= 0.3 is 0 Å². The van der Waals surface area contributed by atoms with E-state index >= 15 is 0 Å². The minimum Gasteiger partial charge on any atom is -0.368 e. The number of halogens is 1.